The Morgan fingerprint density at radius 3 is 1.69 bits per heavy atom. The second-order valence-corrected chi connectivity index (χ2v) is 14.3. The van der Waals surface area contributed by atoms with Crippen molar-refractivity contribution in [2.24, 2.45) is 0 Å². The lowest BCUT2D eigenvalue weighted by Crippen LogP contribution is -2.26. The van der Waals surface area contributed by atoms with Crippen LogP contribution in [0.15, 0.2) is 186 Å². The Hall–Kier alpha value is -6.70. The second-order valence-electron chi connectivity index (χ2n) is 14.3. The van der Waals surface area contributed by atoms with Crippen molar-refractivity contribution in [1.29, 1.82) is 0 Å². The van der Waals surface area contributed by atoms with Crippen LogP contribution in [0.3, 0.4) is 0 Å². The van der Waals surface area contributed by atoms with Gasteiger partial charge in [0.2, 0.25) is 0 Å². The van der Waals surface area contributed by atoms with Crippen molar-refractivity contribution in [2.75, 3.05) is 0 Å². The molecule has 9 aromatic carbocycles. The van der Waals surface area contributed by atoms with Crippen LogP contribution in [0.2, 0.25) is 0 Å². The molecule has 0 radical (unpaired) electrons. The van der Waals surface area contributed by atoms with Crippen LogP contribution < -0.4 is 0 Å². The Kier molecular flexibility index (Phi) is 5.49. The van der Waals surface area contributed by atoms with Gasteiger partial charge in [0.05, 0.1) is 5.41 Å². The minimum atomic E-state index is -0.543. The van der Waals surface area contributed by atoms with Crippen LogP contribution in [-0.2, 0) is 5.41 Å². The Bertz CT molecular complexity index is 3070. The molecule has 0 aliphatic heterocycles. The molecule has 0 saturated carbocycles. The Labute approximate surface area is 301 Å². The standard InChI is InChI=1S/C51H30O/c1-2-15-32(16-3-1)46-35-18-6-8-20-37(35)47(38-21-9-7-19-36(38)46)33-26-28-39-44(30-33)51(43-29-27-31-14-4-5-17-34(31)48(39)43)42-24-12-10-22-40(42)50-49(51)41-23-11-13-25-45(41)52-50/h1-30H. The lowest BCUT2D eigenvalue weighted by Gasteiger charge is -2.30. The fourth-order valence-corrected chi connectivity index (χ4v) is 9.91. The average molecular weight is 659 g/mol. The zero-order chi connectivity index (χ0) is 34.0. The maximum Gasteiger partial charge on any atom is 0.140 e. The first-order valence-electron chi connectivity index (χ1n) is 18.1. The van der Waals surface area contributed by atoms with E-state index < -0.39 is 5.41 Å². The zero-order valence-electron chi connectivity index (χ0n) is 28.2. The molecule has 1 unspecified atom stereocenters. The monoisotopic (exact) mass is 658 g/mol. The SMILES string of the molecule is c1ccc(-c2c3ccccc3c(-c3ccc4c(c3)C3(c5ccccc5-c5oc6ccccc6c53)c3ccc5ccccc5c3-4)c3ccccc23)cc1. The molecule has 10 aromatic rings. The maximum absolute atomic E-state index is 6.83. The molecule has 0 bridgehead atoms. The van der Waals surface area contributed by atoms with Crippen LogP contribution in [0, 0.1) is 0 Å². The fourth-order valence-electron chi connectivity index (χ4n) is 9.91. The number of hydrogen-bond acceptors (Lipinski definition) is 1. The van der Waals surface area contributed by atoms with Crippen molar-refractivity contribution in [2.45, 2.75) is 5.41 Å². The Balaban J connectivity index is 1.25. The molecule has 52 heavy (non-hydrogen) atoms. The number of para-hydroxylation sites is 1. The van der Waals surface area contributed by atoms with E-state index in [1.807, 2.05) is 0 Å². The molecule has 0 saturated heterocycles. The summed E-state index contributed by atoms with van der Waals surface area (Å²) in [6, 6.07) is 67.1. The molecule has 1 nitrogen and oxygen atoms in total. The van der Waals surface area contributed by atoms with E-state index >= 15 is 0 Å². The maximum atomic E-state index is 6.83. The van der Waals surface area contributed by atoms with E-state index in [-0.39, 0.29) is 0 Å². The van der Waals surface area contributed by atoms with Gasteiger partial charge in [-0.1, -0.05) is 170 Å². The van der Waals surface area contributed by atoms with Gasteiger partial charge >= 0.3 is 0 Å². The molecule has 12 rings (SSSR count). The summed E-state index contributed by atoms with van der Waals surface area (Å²) in [6.45, 7) is 0. The number of benzene rings is 9. The number of rotatable bonds is 2. The van der Waals surface area contributed by atoms with Gasteiger partial charge in [-0.05, 0) is 94.5 Å². The third-order valence-electron chi connectivity index (χ3n) is 11.9. The van der Waals surface area contributed by atoms with E-state index in [9.17, 15) is 0 Å². The predicted octanol–water partition coefficient (Wildman–Crippen LogP) is 13.6. The van der Waals surface area contributed by atoms with Crippen LogP contribution in [0.25, 0.3) is 88.0 Å². The lowest BCUT2D eigenvalue weighted by atomic mass is 9.69. The summed E-state index contributed by atoms with van der Waals surface area (Å²) in [5, 5.41) is 8.77. The zero-order valence-corrected chi connectivity index (χ0v) is 28.2. The summed E-state index contributed by atoms with van der Waals surface area (Å²) in [4.78, 5) is 0. The highest BCUT2D eigenvalue weighted by Crippen LogP contribution is 2.66. The first-order chi connectivity index (χ1) is 25.8. The van der Waals surface area contributed by atoms with Crippen LogP contribution >= 0.6 is 0 Å². The Morgan fingerprint density at radius 1 is 0.346 bits per heavy atom. The highest BCUT2D eigenvalue weighted by molar-refractivity contribution is 6.21. The van der Waals surface area contributed by atoms with Gasteiger partial charge in [-0.2, -0.15) is 0 Å². The highest BCUT2D eigenvalue weighted by atomic mass is 16.3. The van der Waals surface area contributed by atoms with Crippen molar-refractivity contribution in [3.05, 3.63) is 204 Å². The summed E-state index contributed by atoms with van der Waals surface area (Å²) in [6.07, 6.45) is 0. The van der Waals surface area contributed by atoms with Crippen LogP contribution in [0.5, 0.6) is 0 Å². The molecule has 1 atom stereocenters. The first kappa shape index (κ1) is 28.0. The van der Waals surface area contributed by atoms with Crippen LogP contribution in [-0.4, -0.2) is 0 Å². The van der Waals surface area contributed by atoms with Gasteiger partial charge < -0.3 is 4.42 Å². The molecule has 0 amide bonds. The van der Waals surface area contributed by atoms with Crippen molar-refractivity contribution in [1.82, 2.24) is 0 Å². The van der Waals surface area contributed by atoms with Gasteiger partial charge in [0.25, 0.3) is 0 Å². The van der Waals surface area contributed by atoms with Crippen molar-refractivity contribution < 1.29 is 4.42 Å². The van der Waals surface area contributed by atoms with Crippen LogP contribution in [0.4, 0.5) is 0 Å². The average Bonchev–Trinajstić information content (AvgIpc) is 3.83. The predicted molar refractivity (Wildman–Crippen MR) is 216 cm³/mol. The molecule has 0 fully saturated rings. The van der Waals surface area contributed by atoms with Gasteiger partial charge in [0.1, 0.15) is 11.3 Å². The van der Waals surface area contributed by atoms with E-state index in [0.717, 1.165) is 11.3 Å². The number of furan rings is 1. The van der Waals surface area contributed by atoms with Gasteiger partial charge in [0, 0.05) is 16.5 Å². The van der Waals surface area contributed by atoms with Crippen molar-refractivity contribution in [3.63, 3.8) is 0 Å². The van der Waals surface area contributed by atoms with Crippen LogP contribution in [0.1, 0.15) is 22.3 Å². The smallest absolute Gasteiger partial charge is 0.140 e. The molecule has 1 aromatic heterocycles. The molecule has 2 aliphatic carbocycles. The molecule has 1 heterocycles. The molecular weight excluding hydrogens is 629 g/mol. The fraction of sp³-hybridized carbons (Fsp3) is 0.0196. The third kappa shape index (κ3) is 3.43. The Morgan fingerprint density at radius 2 is 0.942 bits per heavy atom. The molecular formula is C51H30O. The van der Waals surface area contributed by atoms with E-state index in [2.05, 4.69) is 182 Å². The van der Waals surface area contributed by atoms with Gasteiger partial charge in [-0.25, -0.2) is 0 Å². The number of hydrogen-bond donors (Lipinski definition) is 0. The normalized spacial score (nSPS) is 15.4. The van der Waals surface area contributed by atoms with E-state index in [0.29, 0.717) is 0 Å². The van der Waals surface area contributed by atoms with E-state index in [1.165, 1.54) is 98.9 Å². The quantitative estimate of drug-likeness (QED) is 0.169. The molecule has 0 N–H and O–H groups in total. The largest absolute Gasteiger partial charge is 0.456 e. The third-order valence-corrected chi connectivity index (χ3v) is 11.9. The van der Waals surface area contributed by atoms with E-state index in [1.54, 1.807) is 0 Å². The molecule has 2 aliphatic rings. The lowest BCUT2D eigenvalue weighted by molar-refractivity contribution is 0.628. The van der Waals surface area contributed by atoms with Crippen molar-refractivity contribution in [3.8, 4) is 44.7 Å². The second kappa shape index (κ2) is 10.2. The van der Waals surface area contributed by atoms with Gasteiger partial charge in [0.15, 0.2) is 0 Å². The molecule has 240 valence electrons. The first-order valence-corrected chi connectivity index (χ1v) is 18.1. The minimum Gasteiger partial charge on any atom is -0.456 e. The molecule has 1 spiro atoms. The van der Waals surface area contributed by atoms with E-state index in [4.69, 9.17) is 4.42 Å². The minimum absolute atomic E-state index is 0.543. The van der Waals surface area contributed by atoms with Crippen molar-refractivity contribution >= 4 is 43.3 Å². The topological polar surface area (TPSA) is 13.1 Å². The summed E-state index contributed by atoms with van der Waals surface area (Å²) in [5.74, 6) is 0.984. The number of fused-ring (bicyclic) bond motifs is 16. The van der Waals surface area contributed by atoms with Gasteiger partial charge in [-0.3, -0.25) is 0 Å². The molecule has 1 heteroatoms. The summed E-state index contributed by atoms with van der Waals surface area (Å²) >= 11 is 0. The summed E-state index contributed by atoms with van der Waals surface area (Å²) in [7, 11) is 0. The van der Waals surface area contributed by atoms with Gasteiger partial charge in [-0.15, -0.1) is 0 Å². The highest BCUT2D eigenvalue weighted by Gasteiger charge is 2.54. The summed E-state index contributed by atoms with van der Waals surface area (Å²) < 4.78 is 6.83. The summed E-state index contributed by atoms with van der Waals surface area (Å²) in [5.41, 5.74) is 14.4.